The zero-order chi connectivity index (χ0) is 22.9. The molecule has 2 aromatic carbocycles. The molecule has 0 unspecified atom stereocenters. The van der Waals surface area contributed by atoms with E-state index in [9.17, 15) is 21.6 Å². The molecule has 0 fully saturated rings. The first-order valence-electron chi connectivity index (χ1n) is 9.02. The van der Waals surface area contributed by atoms with Crippen LogP contribution in [0.3, 0.4) is 0 Å². The Morgan fingerprint density at radius 1 is 0.933 bits per heavy atom. The van der Waals surface area contributed by atoms with Gasteiger partial charge in [-0.05, 0) is 53.3 Å². The Bertz CT molecular complexity index is 1150. The number of rotatable bonds is 6. The molecular formula is C19H24ClN3O5S2. The van der Waals surface area contributed by atoms with Gasteiger partial charge in [-0.25, -0.2) is 31.5 Å². The van der Waals surface area contributed by atoms with E-state index in [1.807, 2.05) is 32.4 Å². The highest BCUT2D eigenvalue weighted by molar-refractivity contribution is 7.90. The van der Waals surface area contributed by atoms with Gasteiger partial charge in [0.15, 0.2) is 0 Å². The lowest BCUT2D eigenvalue weighted by Gasteiger charge is -2.21. The number of carbonyl (C=O) groups is 1. The van der Waals surface area contributed by atoms with E-state index >= 15 is 0 Å². The second-order valence-electron chi connectivity index (χ2n) is 7.35. The lowest BCUT2D eigenvalue weighted by molar-refractivity contribution is 0.256. The van der Waals surface area contributed by atoms with Crippen LogP contribution in [0.2, 0.25) is 5.02 Å². The van der Waals surface area contributed by atoms with Gasteiger partial charge in [-0.15, -0.1) is 0 Å². The summed E-state index contributed by atoms with van der Waals surface area (Å²) in [4.78, 5) is 11.7. The summed E-state index contributed by atoms with van der Waals surface area (Å²) in [6.45, 7) is 7.70. The predicted molar refractivity (Wildman–Crippen MR) is 117 cm³/mol. The van der Waals surface area contributed by atoms with Crippen molar-refractivity contribution in [2.45, 2.75) is 49.3 Å². The van der Waals surface area contributed by atoms with Crippen LogP contribution in [0.15, 0.2) is 46.2 Å². The van der Waals surface area contributed by atoms with Gasteiger partial charge in [0.25, 0.3) is 10.0 Å². The fraction of sp³-hybridized carbons (Fsp3) is 0.316. The number of urea groups is 1. The van der Waals surface area contributed by atoms with Crippen LogP contribution in [0.5, 0.6) is 0 Å². The molecule has 0 spiro atoms. The third-order valence-corrected chi connectivity index (χ3v) is 6.78. The first-order chi connectivity index (χ1) is 13.7. The van der Waals surface area contributed by atoms with E-state index in [2.05, 4.69) is 5.32 Å². The number of nitrogens with two attached hydrogens (primary N) is 1. The SMILES string of the molecule is CC(C)c1cc(Cl)cc(C(C)C)c1NC(=O)NS(=O)(=O)c1cccc(S(N)(=O)=O)c1. The summed E-state index contributed by atoms with van der Waals surface area (Å²) >= 11 is 6.20. The summed E-state index contributed by atoms with van der Waals surface area (Å²) in [7, 11) is -8.45. The van der Waals surface area contributed by atoms with Crippen molar-refractivity contribution < 1.29 is 21.6 Å². The zero-order valence-electron chi connectivity index (χ0n) is 16.9. The molecule has 30 heavy (non-hydrogen) atoms. The zero-order valence-corrected chi connectivity index (χ0v) is 19.3. The lowest BCUT2D eigenvalue weighted by Crippen LogP contribution is -2.35. The molecule has 8 nitrogen and oxygen atoms in total. The molecule has 0 saturated heterocycles. The number of nitrogens with one attached hydrogen (secondary N) is 2. The number of carbonyl (C=O) groups excluding carboxylic acids is 1. The third kappa shape index (κ3) is 5.72. The van der Waals surface area contributed by atoms with Crippen LogP contribution < -0.4 is 15.2 Å². The quantitative estimate of drug-likeness (QED) is 0.587. The number of anilines is 1. The lowest BCUT2D eigenvalue weighted by atomic mass is 9.92. The van der Waals surface area contributed by atoms with Gasteiger partial charge < -0.3 is 5.32 Å². The second-order valence-corrected chi connectivity index (χ2v) is 11.0. The number of halogens is 1. The van der Waals surface area contributed by atoms with Crippen molar-refractivity contribution in [1.29, 1.82) is 0 Å². The van der Waals surface area contributed by atoms with Crippen LogP contribution >= 0.6 is 11.6 Å². The monoisotopic (exact) mass is 473 g/mol. The molecule has 164 valence electrons. The highest BCUT2D eigenvalue weighted by atomic mass is 35.5. The molecule has 2 amide bonds. The Morgan fingerprint density at radius 3 is 1.90 bits per heavy atom. The van der Waals surface area contributed by atoms with E-state index < -0.39 is 31.0 Å². The van der Waals surface area contributed by atoms with E-state index in [0.29, 0.717) is 10.7 Å². The minimum atomic E-state index is -4.34. The predicted octanol–water partition coefficient (Wildman–Crippen LogP) is 3.74. The molecule has 0 aliphatic rings. The van der Waals surface area contributed by atoms with Gasteiger partial charge in [-0.1, -0.05) is 45.4 Å². The Balaban J connectivity index is 2.38. The molecule has 0 radical (unpaired) electrons. The van der Waals surface area contributed by atoms with Gasteiger partial charge in [-0.2, -0.15) is 0 Å². The summed E-state index contributed by atoms with van der Waals surface area (Å²) in [5, 5.41) is 8.16. The third-order valence-electron chi connectivity index (χ3n) is 4.32. The number of amides is 2. The van der Waals surface area contributed by atoms with Gasteiger partial charge in [0.1, 0.15) is 0 Å². The molecule has 0 heterocycles. The van der Waals surface area contributed by atoms with Crippen LogP contribution in [0.4, 0.5) is 10.5 Å². The molecular weight excluding hydrogens is 450 g/mol. The summed E-state index contributed by atoms with van der Waals surface area (Å²) in [6.07, 6.45) is 0. The maximum absolute atomic E-state index is 12.6. The number of benzene rings is 2. The Morgan fingerprint density at radius 2 is 1.43 bits per heavy atom. The van der Waals surface area contributed by atoms with Crippen molar-refractivity contribution in [3.63, 3.8) is 0 Å². The van der Waals surface area contributed by atoms with Crippen molar-refractivity contribution in [3.8, 4) is 0 Å². The van der Waals surface area contributed by atoms with Crippen LogP contribution in [0.1, 0.15) is 50.7 Å². The normalized spacial score (nSPS) is 12.3. The largest absolute Gasteiger partial charge is 0.333 e. The first kappa shape index (κ1) is 24.1. The molecule has 0 aliphatic carbocycles. The highest BCUT2D eigenvalue weighted by Gasteiger charge is 2.23. The highest BCUT2D eigenvalue weighted by Crippen LogP contribution is 2.35. The molecule has 0 bridgehead atoms. The number of primary sulfonamides is 1. The van der Waals surface area contributed by atoms with Crippen LogP contribution in [-0.2, 0) is 20.0 Å². The van der Waals surface area contributed by atoms with Crippen LogP contribution in [0.25, 0.3) is 0 Å². The van der Waals surface area contributed by atoms with Crippen molar-refractivity contribution >= 4 is 43.4 Å². The van der Waals surface area contributed by atoms with Gasteiger partial charge >= 0.3 is 6.03 Å². The van der Waals surface area contributed by atoms with Gasteiger partial charge in [0.05, 0.1) is 9.79 Å². The summed E-state index contributed by atoms with van der Waals surface area (Å²) in [5.41, 5.74) is 2.00. The fourth-order valence-corrected chi connectivity index (χ4v) is 4.67. The topological polar surface area (TPSA) is 135 Å². The molecule has 4 N–H and O–H groups in total. The average Bonchev–Trinajstić information content (AvgIpc) is 2.61. The summed E-state index contributed by atoms with van der Waals surface area (Å²) < 4.78 is 50.0. The Labute approximate surface area is 181 Å². The fourth-order valence-electron chi connectivity index (χ4n) is 2.84. The molecule has 0 saturated carbocycles. The smallest absolute Gasteiger partial charge is 0.307 e. The maximum Gasteiger partial charge on any atom is 0.333 e. The van der Waals surface area contributed by atoms with E-state index in [1.54, 1.807) is 12.1 Å². The molecule has 2 rings (SSSR count). The molecule has 0 atom stereocenters. The van der Waals surface area contributed by atoms with Gasteiger partial charge in [0, 0.05) is 10.7 Å². The van der Waals surface area contributed by atoms with Crippen molar-refractivity contribution in [2.24, 2.45) is 5.14 Å². The van der Waals surface area contributed by atoms with E-state index in [-0.39, 0.29) is 16.7 Å². The molecule has 0 aromatic heterocycles. The van der Waals surface area contributed by atoms with Gasteiger partial charge in [-0.3, -0.25) is 0 Å². The van der Waals surface area contributed by atoms with Crippen LogP contribution in [-0.4, -0.2) is 22.9 Å². The standard InChI is InChI=1S/C19H24ClN3O5S2/c1-11(2)16-8-13(20)9-17(12(3)4)18(16)22-19(24)23-30(27,28)15-7-5-6-14(10-15)29(21,25)26/h5-12H,1-4H3,(H2,21,25,26)(H2,22,23,24). The molecule has 0 aliphatic heterocycles. The Kier molecular flexibility index (Phi) is 7.18. The second kappa shape index (κ2) is 8.93. The molecule has 11 heteroatoms. The summed E-state index contributed by atoms with van der Waals surface area (Å²) in [6, 6.07) is 6.88. The van der Waals surface area contributed by atoms with E-state index in [1.165, 1.54) is 6.07 Å². The summed E-state index contributed by atoms with van der Waals surface area (Å²) in [5.74, 6) is 0.0269. The Hall–Kier alpha value is -2.14. The first-order valence-corrected chi connectivity index (χ1v) is 12.4. The average molecular weight is 474 g/mol. The number of hydrogen-bond acceptors (Lipinski definition) is 5. The van der Waals surface area contributed by atoms with E-state index in [0.717, 1.165) is 29.3 Å². The minimum absolute atomic E-state index is 0.0135. The van der Waals surface area contributed by atoms with E-state index in [4.69, 9.17) is 16.7 Å². The minimum Gasteiger partial charge on any atom is -0.307 e. The molecule has 2 aromatic rings. The number of hydrogen-bond donors (Lipinski definition) is 3. The maximum atomic E-state index is 12.6. The van der Waals surface area contributed by atoms with Crippen molar-refractivity contribution in [1.82, 2.24) is 4.72 Å². The van der Waals surface area contributed by atoms with Crippen molar-refractivity contribution in [3.05, 3.63) is 52.5 Å². The number of sulfonamides is 2. The van der Waals surface area contributed by atoms with Crippen LogP contribution in [0, 0.1) is 0 Å². The van der Waals surface area contributed by atoms with Crippen molar-refractivity contribution in [2.75, 3.05) is 5.32 Å². The van der Waals surface area contributed by atoms with Gasteiger partial charge in [0.2, 0.25) is 10.0 Å².